The van der Waals surface area contributed by atoms with Crippen molar-refractivity contribution in [1.82, 2.24) is 10.1 Å². The van der Waals surface area contributed by atoms with Gasteiger partial charge in [0.15, 0.2) is 0 Å². The molecule has 2 aromatic carbocycles. The van der Waals surface area contributed by atoms with Gasteiger partial charge in [0, 0.05) is 5.56 Å². The molecule has 6 nitrogen and oxygen atoms in total. The number of esters is 1. The number of hydrogen-bond donors (Lipinski definition) is 0. The van der Waals surface area contributed by atoms with E-state index in [0.717, 1.165) is 0 Å². The van der Waals surface area contributed by atoms with Gasteiger partial charge in [0.2, 0.25) is 5.82 Å². The van der Waals surface area contributed by atoms with E-state index in [2.05, 4.69) is 14.7 Å². The first-order chi connectivity index (χ1) is 12.4. The van der Waals surface area contributed by atoms with Crippen LogP contribution in [-0.4, -0.2) is 23.2 Å². The van der Waals surface area contributed by atoms with Crippen molar-refractivity contribution >= 4 is 5.97 Å². The van der Waals surface area contributed by atoms with Crippen LogP contribution in [0.1, 0.15) is 16.2 Å². The van der Waals surface area contributed by atoms with Gasteiger partial charge in [-0.3, -0.25) is 0 Å². The van der Waals surface area contributed by atoms with Gasteiger partial charge >= 0.3 is 18.0 Å². The third-order valence-corrected chi connectivity index (χ3v) is 3.32. The summed E-state index contributed by atoms with van der Waals surface area (Å²) >= 11 is 0. The van der Waals surface area contributed by atoms with Gasteiger partial charge in [-0.2, -0.15) is 18.2 Å². The Morgan fingerprint density at radius 1 is 1.00 bits per heavy atom. The van der Waals surface area contributed by atoms with E-state index in [1.165, 1.54) is 31.4 Å². The zero-order valence-corrected chi connectivity index (χ0v) is 13.3. The average Bonchev–Trinajstić information content (AvgIpc) is 3.13. The summed E-state index contributed by atoms with van der Waals surface area (Å²) in [6.07, 6.45) is -4.71. The first-order valence-electron chi connectivity index (χ1n) is 7.24. The van der Waals surface area contributed by atoms with Gasteiger partial charge in [-0.25, -0.2) is 4.79 Å². The minimum atomic E-state index is -4.71. The molecule has 0 saturated heterocycles. The lowest BCUT2D eigenvalue weighted by Crippen LogP contribution is -2.08. The molecule has 1 aromatic heterocycles. The van der Waals surface area contributed by atoms with Crippen LogP contribution in [0.5, 0.6) is 11.5 Å². The second-order valence-corrected chi connectivity index (χ2v) is 5.06. The Morgan fingerprint density at radius 2 is 1.62 bits per heavy atom. The van der Waals surface area contributed by atoms with Gasteiger partial charge < -0.3 is 14.0 Å². The van der Waals surface area contributed by atoms with Crippen LogP contribution in [0.25, 0.3) is 11.4 Å². The molecule has 3 rings (SSSR count). The fraction of sp³-hybridized carbons (Fsp3) is 0.118. The summed E-state index contributed by atoms with van der Waals surface area (Å²) in [7, 11) is 1.51. The summed E-state index contributed by atoms with van der Waals surface area (Å²) in [5.41, 5.74) is 0.608. The maximum absolute atomic E-state index is 12.5. The number of alkyl halides is 3. The van der Waals surface area contributed by atoms with Crippen molar-refractivity contribution in [1.29, 1.82) is 0 Å². The van der Waals surface area contributed by atoms with E-state index in [4.69, 9.17) is 9.47 Å². The molecule has 0 amide bonds. The number of carbonyl (C=O) groups is 1. The number of halogens is 3. The Labute approximate surface area is 145 Å². The standard InChI is InChI=1S/C17H11F3N2O4/c1-24-12-6-4-11(5-7-12)15(23)25-13-8-2-10(3-9-13)14-21-16(26-22-14)17(18,19)20/h2-9H,1H3. The van der Waals surface area contributed by atoms with Crippen molar-refractivity contribution in [2.24, 2.45) is 0 Å². The molecular weight excluding hydrogens is 353 g/mol. The third kappa shape index (κ3) is 3.82. The van der Waals surface area contributed by atoms with E-state index in [9.17, 15) is 18.0 Å². The number of nitrogens with zero attached hydrogens (tertiary/aromatic N) is 2. The second-order valence-electron chi connectivity index (χ2n) is 5.06. The largest absolute Gasteiger partial charge is 0.497 e. The lowest BCUT2D eigenvalue weighted by molar-refractivity contribution is -0.159. The molecule has 3 aromatic rings. The molecule has 0 bridgehead atoms. The zero-order chi connectivity index (χ0) is 18.7. The molecule has 0 radical (unpaired) electrons. The molecule has 0 spiro atoms. The van der Waals surface area contributed by atoms with Gasteiger partial charge in [-0.15, -0.1) is 0 Å². The van der Waals surface area contributed by atoms with Gasteiger partial charge in [-0.1, -0.05) is 5.16 Å². The number of rotatable bonds is 4. The van der Waals surface area contributed by atoms with Crippen molar-refractivity contribution in [2.45, 2.75) is 6.18 Å². The Balaban J connectivity index is 1.71. The minimum absolute atomic E-state index is 0.217. The van der Waals surface area contributed by atoms with Crippen molar-refractivity contribution in [3.63, 3.8) is 0 Å². The highest BCUT2D eigenvalue weighted by Gasteiger charge is 2.38. The topological polar surface area (TPSA) is 74.5 Å². The maximum atomic E-state index is 12.5. The predicted molar refractivity (Wildman–Crippen MR) is 82.7 cm³/mol. The second kappa shape index (κ2) is 6.87. The van der Waals surface area contributed by atoms with Gasteiger partial charge in [-0.05, 0) is 48.5 Å². The van der Waals surface area contributed by atoms with Crippen molar-refractivity contribution in [3.05, 3.63) is 60.0 Å². The van der Waals surface area contributed by atoms with Gasteiger partial charge in [0.25, 0.3) is 0 Å². The van der Waals surface area contributed by atoms with Crippen molar-refractivity contribution in [2.75, 3.05) is 7.11 Å². The molecule has 0 atom stereocenters. The molecule has 0 aliphatic heterocycles. The van der Waals surface area contributed by atoms with Gasteiger partial charge in [0.05, 0.1) is 12.7 Å². The lowest BCUT2D eigenvalue weighted by atomic mass is 10.2. The molecule has 1 heterocycles. The van der Waals surface area contributed by atoms with Crippen LogP contribution >= 0.6 is 0 Å². The summed E-state index contributed by atoms with van der Waals surface area (Å²) in [6.45, 7) is 0. The fourth-order valence-electron chi connectivity index (χ4n) is 2.02. The van der Waals surface area contributed by atoms with E-state index in [-0.39, 0.29) is 17.1 Å². The molecule has 0 fully saturated rings. The Kier molecular flexibility index (Phi) is 4.61. The van der Waals surface area contributed by atoms with Crippen molar-refractivity contribution in [3.8, 4) is 22.9 Å². The predicted octanol–water partition coefficient (Wildman–Crippen LogP) is 3.98. The molecule has 9 heteroatoms. The van der Waals surface area contributed by atoms with Crippen LogP contribution in [0.4, 0.5) is 13.2 Å². The zero-order valence-electron chi connectivity index (χ0n) is 13.3. The summed E-state index contributed by atoms with van der Waals surface area (Å²) in [6, 6.07) is 12.0. The van der Waals surface area contributed by atoms with Crippen LogP contribution in [0.3, 0.4) is 0 Å². The number of hydrogen-bond acceptors (Lipinski definition) is 6. The van der Waals surface area contributed by atoms with E-state index >= 15 is 0 Å². The van der Waals surface area contributed by atoms with Crippen LogP contribution < -0.4 is 9.47 Å². The minimum Gasteiger partial charge on any atom is -0.497 e. The van der Waals surface area contributed by atoms with E-state index in [1.807, 2.05) is 0 Å². The number of carbonyl (C=O) groups excluding carboxylic acids is 1. The highest BCUT2D eigenvalue weighted by Crippen LogP contribution is 2.29. The summed E-state index contributed by atoms with van der Waals surface area (Å²) < 4.78 is 51.8. The number of ether oxygens (including phenoxy) is 2. The molecule has 134 valence electrons. The third-order valence-electron chi connectivity index (χ3n) is 3.32. The summed E-state index contributed by atoms with van der Waals surface area (Å²) in [5, 5.41) is 3.28. The molecule has 0 aliphatic carbocycles. The fourth-order valence-corrected chi connectivity index (χ4v) is 2.02. The van der Waals surface area contributed by atoms with Crippen LogP contribution in [0.15, 0.2) is 53.1 Å². The normalized spacial score (nSPS) is 11.2. The number of benzene rings is 2. The molecule has 0 unspecified atom stereocenters. The maximum Gasteiger partial charge on any atom is 0.471 e. The summed E-state index contributed by atoms with van der Waals surface area (Å²) in [5.74, 6) is -1.41. The molecule has 26 heavy (non-hydrogen) atoms. The quantitative estimate of drug-likeness (QED) is 0.515. The van der Waals surface area contributed by atoms with Crippen LogP contribution in [-0.2, 0) is 6.18 Å². The van der Waals surface area contributed by atoms with Crippen LogP contribution in [0, 0.1) is 0 Å². The highest BCUT2D eigenvalue weighted by molar-refractivity contribution is 5.91. The van der Waals surface area contributed by atoms with Crippen molar-refractivity contribution < 1.29 is 32.0 Å². The Hall–Kier alpha value is -3.36. The van der Waals surface area contributed by atoms with Crippen LogP contribution in [0.2, 0.25) is 0 Å². The van der Waals surface area contributed by atoms with E-state index in [1.54, 1.807) is 24.3 Å². The Bertz CT molecular complexity index is 903. The monoisotopic (exact) mass is 364 g/mol. The Morgan fingerprint density at radius 3 is 2.15 bits per heavy atom. The van der Waals surface area contributed by atoms with E-state index in [0.29, 0.717) is 11.3 Å². The van der Waals surface area contributed by atoms with E-state index < -0.39 is 18.0 Å². The molecule has 0 saturated carbocycles. The first-order valence-corrected chi connectivity index (χ1v) is 7.24. The average molecular weight is 364 g/mol. The van der Waals surface area contributed by atoms with Gasteiger partial charge in [0.1, 0.15) is 11.5 Å². The highest BCUT2D eigenvalue weighted by atomic mass is 19.4. The molecular formula is C17H11F3N2O4. The molecule has 0 N–H and O–H groups in total. The smallest absolute Gasteiger partial charge is 0.471 e. The lowest BCUT2D eigenvalue weighted by Gasteiger charge is -2.05. The SMILES string of the molecule is COc1ccc(C(=O)Oc2ccc(-c3noc(C(F)(F)F)n3)cc2)cc1. The summed E-state index contributed by atoms with van der Waals surface area (Å²) in [4.78, 5) is 15.3. The number of aromatic nitrogens is 2. The number of methoxy groups -OCH3 is 1. The molecule has 0 aliphatic rings. The first kappa shape index (κ1) is 17.5.